The van der Waals surface area contributed by atoms with E-state index in [-0.39, 0.29) is 11.9 Å². The van der Waals surface area contributed by atoms with Crippen molar-refractivity contribution in [1.82, 2.24) is 5.32 Å². The molecule has 0 saturated heterocycles. The number of nitrogens with one attached hydrogen (secondary N) is 1. The highest BCUT2D eigenvalue weighted by atomic mass is 16.1. The van der Waals surface area contributed by atoms with Crippen LogP contribution in [0.25, 0.3) is 0 Å². The maximum Gasteiger partial charge on any atom is 0.251 e. The molecule has 1 fully saturated rings. The fraction of sp³-hybridized carbons (Fsp3) is 0.500. The fourth-order valence-electron chi connectivity index (χ4n) is 2.28. The van der Waals surface area contributed by atoms with Crippen LogP contribution in [0.5, 0.6) is 0 Å². The zero-order valence-electron chi connectivity index (χ0n) is 10.3. The molecule has 0 bridgehead atoms. The van der Waals surface area contributed by atoms with Crippen LogP contribution in [0.1, 0.15) is 54.6 Å². The predicted octanol–water partition coefficient (Wildman–Crippen LogP) is 2.38. The Labute approximate surface area is 102 Å². The normalized spacial score (nSPS) is 18.0. The molecule has 0 aliphatic heterocycles. The first-order valence-corrected chi connectivity index (χ1v) is 6.33. The van der Waals surface area contributed by atoms with E-state index in [1.165, 1.54) is 12.8 Å². The minimum Gasteiger partial charge on any atom is -0.349 e. The number of carbonyl (C=O) groups is 1. The van der Waals surface area contributed by atoms with Gasteiger partial charge in [-0.3, -0.25) is 4.79 Å². The van der Waals surface area contributed by atoms with Crippen molar-refractivity contribution in [3.63, 3.8) is 0 Å². The lowest BCUT2D eigenvalue weighted by atomic mass is 10.1. The Morgan fingerprint density at radius 3 is 2.41 bits per heavy atom. The number of hydrogen-bond acceptors (Lipinski definition) is 2. The lowest BCUT2D eigenvalue weighted by Gasteiger charge is -2.12. The highest BCUT2D eigenvalue weighted by molar-refractivity contribution is 5.94. The van der Waals surface area contributed by atoms with E-state index in [1.807, 2.05) is 31.2 Å². The standard InChI is InChI=1S/C14H20N2O/c1-10(15)11-6-8-12(9-7-11)14(17)16-13-4-2-3-5-13/h6-10,13H,2-5,15H2,1H3,(H,16,17)/t10-/m0/s1. The Morgan fingerprint density at radius 1 is 1.29 bits per heavy atom. The van der Waals surface area contributed by atoms with Crippen LogP contribution in [0.15, 0.2) is 24.3 Å². The van der Waals surface area contributed by atoms with Crippen molar-refractivity contribution >= 4 is 5.91 Å². The summed E-state index contributed by atoms with van der Waals surface area (Å²) in [6.07, 6.45) is 4.69. The molecule has 1 aromatic rings. The molecule has 1 atom stereocenters. The summed E-state index contributed by atoms with van der Waals surface area (Å²) in [4.78, 5) is 11.9. The van der Waals surface area contributed by atoms with Crippen LogP contribution in [0.3, 0.4) is 0 Å². The SMILES string of the molecule is C[C@H](N)c1ccc(C(=O)NC2CCCC2)cc1. The van der Waals surface area contributed by atoms with E-state index in [1.54, 1.807) is 0 Å². The number of amides is 1. The lowest BCUT2D eigenvalue weighted by Crippen LogP contribution is -2.32. The zero-order chi connectivity index (χ0) is 12.3. The van der Waals surface area contributed by atoms with Crippen molar-refractivity contribution in [2.75, 3.05) is 0 Å². The molecule has 1 aromatic carbocycles. The van der Waals surface area contributed by atoms with Gasteiger partial charge in [0, 0.05) is 17.6 Å². The van der Waals surface area contributed by atoms with Crippen LogP contribution in [0, 0.1) is 0 Å². The molecule has 3 N–H and O–H groups in total. The number of hydrogen-bond donors (Lipinski definition) is 2. The lowest BCUT2D eigenvalue weighted by molar-refractivity contribution is 0.0938. The summed E-state index contributed by atoms with van der Waals surface area (Å²) in [5.41, 5.74) is 7.55. The summed E-state index contributed by atoms with van der Waals surface area (Å²) in [7, 11) is 0. The third-order valence-corrected chi connectivity index (χ3v) is 3.39. The van der Waals surface area contributed by atoms with E-state index < -0.39 is 0 Å². The van der Waals surface area contributed by atoms with E-state index in [9.17, 15) is 4.79 Å². The molecule has 2 rings (SSSR count). The van der Waals surface area contributed by atoms with Crippen LogP contribution < -0.4 is 11.1 Å². The van der Waals surface area contributed by atoms with Gasteiger partial charge in [0.1, 0.15) is 0 Å². The first-order valence-electron chi connectivity index (χ1n) is 6.33. The summed E-state index contributed by atoms with van der Waals surface area (Å²) < 4.78 is 0. The second-order valence-corrected chi connectivity index (χ2v) is 4.87. The summed E-state index contributed by atoms with van der Waals surface area (Å²) in [6.45, 7) is 1.94. The van der Waals surface area contributed by atoms with Crippen molar-refractivity contribution < 1.29 is 4.79 Å². The summed E-state index contributed by atoms with van der Waals surface area (Å²) in [6, 6.07) is 7.94. The number of carbonyl (C=O) groups excluding carboxylic acids is 1. The van der Waals surface area contributed by atoms with Crippen LogP contribution in [-0.2, 0) is 0 Å². The number of nitrogens with two attached hydrogens (primary N) is 1. The minimum atomic E-state index is 0.0157. The van der Waals surface area contributed by atoms with Crippen LogP contribution in [-0.4, -0.2) is 11.9 Å². The molecule has 17 heavy (non-hydrogen) atoms. The highest BCUT2D eigenvalue weighted by Crippen LogP contribution is 2.18. The van der Waals surface area contributed by atoms with E-state index in [0.717, 1.165) is 24.0 Å². The van der Waals surface area contributed by atoms with Gasteiger partial charge in [-0.25, -0.2) is 0 Å². The van der Waals surface area contributed by atoms with Crippen molar-refractivity contribution in [3.8, 4) is 0 Å². The Hall–Kier alpha value is -1.35. The Kier molecular flexibility index (Phi) is 3.79. The van der Waals surface area contributed by atoms with Gasteiger partial charge >= 0.3 is 0 Å². The van der Waals surface area contributed by atoms with E-state index >= 15 is 0 Å². The van der Waals surface area contributed by atoms with Gasteiger partial charge in [0.05, 0.1) is 0 Å². The molecular formula is C14H20N2O. The molecule has 0 aromatic heterocycles. The minimum absolute atomic E-state index is 0.0157. The van der Waals surface area contributed by atoms with Crippen molar-refractivity contribution in [2.24, 2.45) is 5.73 Å². The fourth-order valence-corrected chi connectivity index (χ4v) is 2.28. The van der Waals surface area contributed by atoms with E-state index in [2.05, 4.69) is 5.32 Å². The third kappa shape index (κ3) is 3.07. The maximum atomic E-state index is 11.9. The van der Waals surface area contributed by atoms with Crippen LogP contribution in [0.4, 0.5) is 0 Å². The third-order valence-electron chi connectivity index (χ3n) is 3.39. The Morgan fingerprint density at radius 2 is 1.88 bits per heavy atom. The van der Waals surface area contributed by atoms with Gasteiger partial charge in [0.25, 0.3) is 5.91 Å². The molecule has 1 amide bonds. The summed E-state index contributed by atoms with van der Waals surface area (Å²) in [5.74, 6) is 0.0353. The van der Waals surface area contributed by atoms with Crippen LogP contribution >= 0.6 is 0 Å². The monoisotopic (exact) mass is 232 g/mol. The first kappa shape index (κ1) is 12.1. The molecule has 1 aliphatic carbocycles. The molecule has 1 aliphatic rings. The second kappa shape index (κ2) is 5.32. The molecule has 3 nitrogen and oxygen atoms in total. The Balaban J connectivity index is 1.98. The number of benzene rings is 1. The highest BCUT2D eigenvalue weighted by Gasteiger charge is 2.17. The molecule has 0 spiro atoms. The topological polar surface area (TPSA) is 55.1 Å². The Bertz CT molecular complexity index is 378. The van der Waals surface area contributed by atoms with Gasteiger partial charge < -0.3 is 11.1 Å². The second-order valence-electron chi connectivity index (χ2n) is 4.87. The first-order chi connectivity index (χ1) is 8.16. The molecule has 92 valence electrons. The number of rotatable bonds is 3. The van der Waals surface area contributed by atoms with Gasteiger partial charge in [-0.1, -0.05) is 25.0 Å². The average molecular weight is 232 g/mol. The molecule has 3 heteroatoms. The zero-order valence-corrected chi connectivity index (χ0v) is 10.3. The largest absolute Gasteiger partial charge is 0.349 e. The molecule has 1 saturated carbocycles. The predicted molar refractivity (Wildman–Crippen MR) is 68.8 cm³/mol. The van der Waals surface area contributed by atoms with Gasteiger partial charge in [-0.15, -0.1) is 0 Å². The van der Waals surface area contributed by atoms with Gasteiger partial charge in [-0.05, 0) is 37.5 Å². The van der Waals surface area contributed by atoms with E-state index in [0.29, 0.717) is 6.04 Å². The summed E-state index contributed by atoms with van der Waals surface area (Å²) >= 11 is 0. The molecule has 0 heterocycles. The molecule has 0 radical (unpaired) electrons. The maximum absolute atomic E-state index is 11.9. The van der Waals surface area contributed by atoms with Crippen molar-refractivity contribution in [3.05, 3.63) is 35.4 Å². The van der Waals surface area contributed by atoms with Crippen LogP contribution in [0.2, 0.25) is 0 Å². The molecule has 0 unspecified atom stereocenters. The average Bonchev–Trinajstić information content (AvgIpc) is 2.82. The smallest absolute Gasteiger partial charge is 0.251 e. The van der Waals surface area contributed by atoms with Crippen molar-refractivity contribution in [2.45, 2.75) is 44.7 Å². The van der Waals surface area contributed by atoms with E-state index in [4.69, 9.17) is 5.73 Å². The van der Waals surface area contributed by atoms with Gasteiger partial charge in [-0.2, -0.15) is 0 Å². The quantitative estimate of drug-likeness (QED) is 0.840. The van der Waals surface area contributed by atoms with Gasteiger partial charge in [0.15, 0.2) is 0 Å². The molecular weight excluding hydrogens is 212 g/mol. The summed E-state index contributed by atoms with van der Waals surface area (Å²) in [5, 5.41) is 3.07. The van der Waals surface area contributed by atoms with Gasteiger partial charge in [0.2, 0.25) is 0 Å². The van der Waals surface area contributed by atoms with Crippen molar-refractivity contribution in [1.29, 1.82) is 0 Å².